The number of ether oxygens (including phenoxy) is 2. The van der Waals surface area contributed by atoms with Crippen molar-refractivity contribution in [2.45, 2.75) is 13.0 Å². The minimum absolute atomic E-state index is 0.319. The van der Waals surface area contributed by atoms with E-state index >= 15 is 0 Å². The number of benzene rings is 2. The fourth-order valence-corrected chi connectivity index (χ4v) is 3.10. The van der Waals surface area contributed by atoms with Crippen LogP contribution >= 0.6 is 11.3 Å². The molecule has 112 valence electrons. The lowest BCUT2D eigenvalue weighted by atomic mass is 10.2. The van der Waals surface area contributed by atoms with E-state index in [2.05, 4.69) is 4.98 Å². The van der Waals surface area contributed by atoms with Gasteiger partial charge in [-0.2, -0.15) is 0 Å². The average molecular weight is 313 g/mol. The van der Waals surface area contributed by atoms with Gasteiger partial charge in [-0.1, -0.05) is 30.3 Å². The molecule has 0 unspecified atom stereocenters. The van der Waals surface area contributed by atoms with Gasteiger partial charge in [0.15, 0.2) is 0 Å². The number of aromatic nitrogens is 1. The molecule has 0 N–H and O–H groups in total. The fourth-order valence-electron chi connectivity index (χ4n) is 2.14. The topological polar surface area (TPSA) is 48.4 Å². The highest BCUT2D eigenvalue weighted by atomic mass is 32.1. The fraction of sp³-hybridized carbons (Fsp3) is 0.176. The zero-order valence-electron chi connectivity index (χ0n) is 12.1. The molecule has 1 aromatic heterocycles. The Kier molecular flexibility index (Phi) is 4.34. The Morgan fingerprint density at radius 1 is 1.23 bits per heavy atom. The summed E-state index contributed by atoms with van der Waals surface area (Å²) in [6, 6.07) is 13.7. The molecule has 1 heterocycles. The summed E-state index contributed by atoms with van der Waals surface area (Å²) >= 11 is 1.48. The summed E-state index contributed by atoms with van der Waals surface area (Å²) in [5, 5.41) is 0.780. The third-order valence-electron chi connectivity index (χ3n) is 3.20. The summed E-state index contributed by atoms with van der Waals surface area (Å²) in [5.41, 5.74) is 1.89. The molecule has 0 amide bonds. The quantitative estimate of drug-likeness (QED) is 0.652. The van der Waals surface area contributed by atoms with E-state index in [9.17, 15) is 4.79 Å². The Bertz CT molecular complexity index is 783. The Morgan fingerprint density at radius 2 is 2.05 bits per heavy atom. The number of hydrogen-bond acceptors (Lipinski definition) is 5. The van der Waals surface area contributed by atoms with Gasteiger partial charge in [-0.25, -0.2) is 4.98 Å². The predicted octanol–water partition coefficient (Wildman–Crippen LogP) is 3.63. The summed E-state index contributed by atoms with van der Waals surface area (Å²) in [6.07, 6.45) is 1.18. The minimum atomic E-state index is 0.319. The van der Waals surface area contributed by atoms with Crippen LogP contribution in [-0.4, -0.2) is 18.4 Å². The second-order valence-electron chi connectivity index (χ2n) is 4.73. The maximum absolute atomic E-state index is 10.7. The van der Waals surface area contributed by atoms with Gasteiger partial charge in [-0.05, 0) is 5.56 Å². The maximum atomic E-state index is 10.7. The SMILES string of the molecule is COc1cc(OCc2ccccc2)c2sc(CC=O)nc2c1. The second-order valence-corrected chi connectivity index (χ2v) is 5.81. The van der Waals surface area contributed by atoms with Crippen LogP contribution in [-0.2, 0) is 17.8 Å². The number of methoxy groups -OCH3 is 1. The van der Waals surface area contributed by atoms with Gasteiger partial charge in [0.05, 0.1) is 23.7 Å². The molecule has 3 rings (SSSR count). The molecule has 0 atom stereocenters. The molecule has 0 saturated heterocycles. The molecule has 0 radical (unpaired) electrons. The zero-order valence-corrected chi connectivity index (χ0v) is 12.9. The van der Waals surface area contributed by atoms with Crippen LogP contribution in [0.3, 0.4) is 0 Å². The molecule has 0 aliphatic carbocycles. The Hall–Kier alpha value is -2.40. The Balaban J connectivity index is 1.93. The smallest absolute Gasteiger partial charge is 0.142 e. The van der Waals surface area contributed by atoms with Crippen molar-refractivity contribution in [1.82, 2.24) is 4.98 Å². The normalized spacial score (nSPS) is 10.6. The van der Waals surface area contributed by atoms with Gasteiger partial charge < -0.3 is 14.3 Å². The molecule has 0 spiro atoms. The number of fused-ring (bicyclic) bond motifs is 1. The summed E-state index contributed by atoms with van der Waals surface area (Å²) in [5.74, 6) is 1.42. The van der Waals surface area contributed by atoms with E-state index < -0.39 is 0 Å². The van der Waals surface area contributed by atoms with Crippen LogP contribution in [0, 0.1) is 0 Å². The van der Waals surface area contributed by atoms with Crippen LogP contribution in [0.1, 0.15) is 10.6 Å². The molecule has 0 aliphatic heterocycles. The molecular weight excluding hydrogens is 298 g/mol. The van der Waals surface area contributed by atoms with Gasteiger partial charge in [0.1, 0.15) is 29.4 Å². The molecule has 3 aromatic rings. The van der Waals surface area contributed by atoms with Crippen molar-refractivity contribution in [3.8, 4) is 11.5 Å². The first-order valence-corrected chi connectivity index (χ1v) is 7.69. The number of nitrogens with zero attached hydrogens (tertiary/aromatic N) is 1. The number of carbonyl (C=O) groups excluding carboxylic acids is 1. The van der Waals surface area contributed by atoms with Gasteiger partial charge in [0, 0.05) is 12.1 Å². The predicted molar refractivity (Wildman–Crippen MR) is 86.7 cm³/mol. The highest BCUT2D eigenvalue weighted by molar-refractivity contribution is 7.19. The van der Waals surface area contributed by atoms with Crippen molar-refractivity contribution in [1.29, 1.82) is 0 Å². The minimum Gasteiger partial charge on any atom is -0.497 e. The first-order chi connectivity index (χ1) is 10.8. The van der Waals surface area contributed by atoms with E-state index in [4.69, 9.17) is 9.47 Å². The van der Waals surface area contributed by atoms with Crippen LogP contribution in [0.4, 0.5) is 0 Å². The van der Waals surface area contributed by atoms with Crippen molar-refractivity contribution in [3.05, 3.63) is 53.0 Å². The van der Waals surface area contributed by atoms with E-state index in [0.717, 1.165) is 32.8 Å². The van der Waals surface area contributed by atoms with Gasteiger partial charge in [-0.15, -0.1) is 11.3 Å². The summed E-state index contributed by atoms with van der Waals surface area (Å²) in [4.78, 5) is 15.1. The molecule has 4 nitrogen and oxygen atoms in total. The van der Waals surface area contributed by atoms with E-state index in [1.165, 1.54) is 11.3 Å². The van der Waals surface area contributed by atoms with E-state index in [-0.39, 0.29) is 0 Å². The summed E-state index contributed by atoms with van der Waals surface area (Å²) in [7, 11) is 1.61. The van der Waals surface area contributed by atoms with Crippen LogP contribution < -0.4 is 9.47 Å². The largest absolute Gasteiger partial charge is 0.497 e. The number of hydrogen-bond donors (Lipinski definition) is 0. The van der Waals surface area contributed by atoms with Crippen LogP contribution in [0.15, 0.2) is 42.5 Å². The summed E-state index contributed by atoms with van der Waals surface area (Å²) in [6.45, 7) is 0.476. The molecule has 0 bridgehead atoms. The van der Waals surface area contributed by atoms with Crippen LogP contribution in [0.2, 0.25) is 0 Å². The lowest BCUT2D eigenvalue weighted by molar-refractivity contribution is -0.107. The van der Waals surface area contributed by atoms with E-state index in [1.807, 2.05) is 42.5 Å². The molecule has 0 aliphatic rings. The molecule has 2 aromatic carbocycles. The lowest BCUT2D eigenvalue weighted by Gasteiger charge is -2.09. The highest BCUT2D eigenvalue weighted by Gasteiger charge is 2.12. The number of thiazole rings is 1. The average Bonchev–Trinajstić information content (AvgIpc) is 2.96. The molecule has 0 fully saturated rings. The Morgan fingerprint density at radius 3 is 2.77 bits per heavy atom. The lowest BCUT2D eigenvalue weighted by Crippen LogP contribution is -1.95. The molecule has 5 heteroatoms. The van der Waals surface area contributed by atoms with Crippen molar-refractivity contribution in [2.75, 3.05) is 7.11 Å². The maximum Gasteiger partial charge on any atom is 0.142 e. The van der Waals surface area contributed by atoms with E-state index in [0.29, 0.717) is 18.8 Å². The van der Waals surface area contributed by atoms with Crippen LogP contribution in [0.5, 0.6) is 11.5 Å². The standard InChI is InChI=1S/C17H15NO3S/c1-20-13-9-14-17(22-16(18-14)7-8-19)15(10-13)21-11-12-5-3-2-4-6-12/h2-6,8-10H,7,11H2,1H3. The van der Waals surface area contributed by atoms with Crippen molar-refractivity contribution in [3.63, 3.8) is 0 Å². The first-order valence-electron chi connectivity index (χ1n) is 6.88. The van der Waals surface area contributed by atoms with Gasteiger partial charge in [-0.3, -0.25) is 0 Å². The highest BCUT2D eigenvalue weighted by Crippen LogP contribution is 2.35. The van der Waals surface area contributed by atoms with Crippen molar-refractivity contribution < 1.29 is 14.3 Å². The number of rotatable bonds is 6. The molecule has 22 heavy (non-hydrogen) atoms. The molecule has 0 saturated carbocycles. The third-order valence-corrected chi connectivity index (χ3v) is 4.31. The van der Waals surface area contributed by atoms with Crippen molar-refractivity contribution >= 4 is 27.8 Å². The first kappa shape index (κ1) is 14.5. The zero-order chi connectivity index (χ0) is 15.4. The summed E-state index contributed by atoms with van der Waals surface area (Å²) < 4.78 is 12.2. The van der Waals surface area contributed by atoms with Gasteiger partial charge >= 0.3 is 0 Å². The number of carbonyl (C=O) groups is 1. The monoisotopic (exact) mass is 313 g/mol. The van der Waals surface area contributed by atoms with Crippen LogP contribution in [0.25, 0.3) is 10.2 Å². The molecular formula is C17H15NO3S. The van der Waals surface area contributed by atoms with Crippen molar-refractivity contribution in [2.24, 2.45) is 0 Å². The number of aldehydes is 1. The van der Waals surface area contributed by atoms with Gasteiger partial charge in [0.25, 0.3) is 0 Å². The van der Waals surface area contributed by atoms with Gasteiger partial charge in [0.2, 0.25) is 0 Å². The Labute approximate surface area is 132 Å². The second kappa shape index (κ2) is 6.58. The van der Waals surface area contributed by atoms with E-state index in [1.54, 1.807) is 7.11 Å². The third kappa shape index (κ3) is 3.09.